The van der Waals surface area contributed by atoms with Gasteiger partial charge in [-0.15, -0.1) is 12.4 Å². The van der Waals surface area contributed by atoms with Crippen LogP contribution >= 0.6 is 12.4 Å². The largest absolute Gasteiger partial charge is 0.348 e. The van der Waals surface area contributed by atoms with Gasteiger partial charge < -0.3 is 11.1 Å². The predicted octanol–water partition coefficient (Wildman–Crippen LogP) is 2.48. The summed E-state index contributed by atoms with van der Waals surface area (Å²) in [7, 11) is 0. The summed E-state index contributed by atoms with van der Waals surface area (Å²) < 4.78 is 13.1. The second kappa shape index (κ2) is 9.21. The molecule has 0 radical (unpaired) electrons. The summed E-state index contributed by atoms with van der Waals surface area (Å²) in [5.41, 5.74) is 6.81. The van der Waals surface area contributed by atoms with Gasteiger partial charge in [0.1, 0.15) is 5.82 Å². The molecule has 0 aromatic heterocycles. The van der Waals surface area contributed by atoms with Crippen molar-refractivity contribution in [2.45, 2.75) is 38.8 Å². The molecule has 1 aliphatic rings. The Bertz CT molecular complexity index is 487. The Kier molecular flexibility index (Phi) is 7.95. The standard InChI is InChI=1S/C17H26FN3O.ClH/c1-12(2)17(13-3-5-14(18)6-4-13)20-16(22)11-21-9-7-15(19)8-10-21;/h3-6,12,15,17H,7-11,19H2,1-2H3,(H,20,22);1H. The first-order valence-corrected chi connectivity index (χ1v) is 7.98. The summed E-state index contributed by atoms with van der Waals surface area (Å²) in [5.74, 6) is -0.00933. The lowest BCUT2D eigenvalue weighted by atomic mass is 9.96. The van der Waals surface area contributed by atoms with Gasteiger partial charge in [-0.05, 0) is 36.5 Å². The topological polar surface area (TPSA) is 58.4 Å². The monoisotopic (exact) mass is 343 g/mol. The van der Waals surface area contributed by atoms with Gasteiger partial charge in [0, 0.05) is 19.1 Å². The fraction of sp³-hybridized carbons (Fsp3) is 0.588. The van der Waals surface area contributed by atoms with Crippen LogP contribution < -0.4 is 11.1 Å². The third-order valence-electron chi connectivity index (χ3n) is 4.21. The number of nitrogens with zero attached hydrogens (tertiary/aromatic N) is 1. The first-order valence-electron chi connectivity index (χ1n) is 7.98. The molecule has 1 unspecified atom stereocenters. The fourth-order valence-corrected chi connectivity index (χ4v) is 2.84. The molecule has 1 aromatic rings. The number of carbonyl (C=O) groups excluding carboxylic acids is 1. The molecule has 1 heterocycles. The van der Waals surface area contributed by atoms with Crippen LogP contribution in [0.4, 0.5) is 4.39 Å². The molecule has 1 atom stereocenters. The van der Waals surface area contributed by atoms with Crippen LogP contribution in [0.25, 0.3) is 0 Å². The van der Waals surface area contributed by atoms with Gasteiger partial charge in [-0.2, -0.15) is 0 Å². The SMILES string of the molecule is CC(C)C(NC(=O)CN1CCC(N)CC1)c1ccc(F)cc1.Cl. The van der Waals surface area contributed by atoms with Crippen molar-refractivity contribution < 1.29 is 9.18 Å². The van der Waals surface area contributed by atoms with E-state index in [1.54, 1.807) is 12.1 Å². The Balaban J connectivity index is 0.00000264. The van der Waals surface area contributed by atoms with E-state index in [0.717, 1.165) is 31.5 Å². The van der Waals surface area contributed by atoms with Gasteiger partial charge in [0.25, 0.3) is 0 Å². The predicted molar refractivity (Wildman–Crippen MR) is 93.0 cm³/mol. The van der Waals surface area contributed by atoms with Gasteiger partial charge >= 0.3 is 0 Å². The first-order chi connectivity index (χ1) is 10.5. The molecular weight excluding hydrogens is 317 g/mol. The molecular formula is C17H27ClFN3O. The lowest BCUT2D eigenvalue weighted by molar-refractivity contribution is -0.123. The number of hydrogen-bond acceptors (Lipinski definition) is 3. The highest BCUT2D eigenvalue weighted by molar-refractivity contribution is 5.85. The van der Waals surface area contributed by atoms with Crippen LogP contribution in [0.3, 0.4) is 0 Å². The van der Waals surface area contributed by atoms with Crippen LogP contribution in [0, 0.1) is 11.7 Å². The molecule has 23 heavy (non-hydrogen) atoms. The molecule has 4 nitrogen and oxygen atoms in total. The number of carbonyl (C=O) groups is 1. The van der Waals surface area contributed by atoms with Crippen molar-refractivity contribution in [3.8, 4) is 0 Å². The molecule has 1 amide bonds. The van der Waals surface area contributed by atoms with Crippen LogP contribution in [0.15, 0.2) is 24.3 Å². The Hall–Kier alpha value is -1.17. The van der Waals surface area contributed by atoms with Crippen molar-refractivity contribution in [2.24, 2.45) is 11.7 Å². The minimum atomic E-state index is -0.262. The summed E-state index contributed by atoms with van der Waals surface area (Å²) in [6.45, 7) is 6.24. The van der Waals surface area contributed by atoms with E-state index in [1.807, 2.05) is 13.8 Å². The van der Waals surface area contributed by atoms with Crippen molar-refractivity contribution in [1.29, 1.82) is 0 Å². The quantitative estimate of drug-likeness (QED) is 0.863. The Morgan fingerprint density at radius 3 is 2.39 bits per heavy atom. The smallest absolute Gasteiger partial charge is 0.234 e. The summed E-state index contributed by atoms with van der Waals surface area (Å²) in [6.07, 6.45) is 1.89. The minimum absolute atomic E-state index is 0. The van der Waals surface area contributed by atoms with E-state index < -0.39 is 0 Å². The lowest BCUT2D eigenvalue weighted by Gasteiger charge is -2.30. The summed E-state index contributed by atoms with van der Waals surface area (Å²) in [4.78, 5) is 14.4. The molecule has 1 aliphatic heterocycles. The second-order valence-corrected chi connectivity index (χ2v) is 6.45. The maximum absolute atomic E-state index is 13.1. The molecule has 0 aliphatic carbocycles. The van der Waals surface area contributed by atoms with Gasteiger partial charge in [-0.3, -0.25) is 9.69 Å². The zero-order valence-corrected chi connectivity index (χ0v) is 14.6. The van der Waals surface area contributed by atoms with Crippen molar-refractivity contribution >= 4 is 18.3 Å². The lowest BCUT2D eigenvalue weighted by Crippen LogP contribution is -2.45. The third-order valence-corrected chi connectivity index (χ3v) is 4.21. The van der Waals surface area contributed by atoms with Crippen LogP contribution in [-0.2, 0) is 4.79 Å². The Morgan fingerprint density at radius 1 is 1.30 bits per heavy atom. The number of benzene rings is 1. The number of nitrogens with two attached hydrogens (primary N) is 1. The molecule has 0 saturated carbocycles. The summed E-state index contributed by atoms with van der Waals surface area (Å²) >= 11 is 0. The van der Waals surface area contributed by atoms with Crippen LogP contribution in [0.5, 0.6) is 0 Å². The van der Waals surface area contributed by atoms with Gasteiger partial charge in [0.15, 0.2) is 0 Å². The molecule has 130 valence electrons. The average Bonchev–Trinajstić information content (AvgIpc) is 2.48. The van der Waals surface area contributed by atoms with E-state index in [-0.39, 0.29) is 42.1 Å². The number of hydrogen-bond donors (Lipinski definition) is 2. The highest BCUT2D eigenvalue weighted by Gasteiger charge is 2.22. The summed E-state index contributed by atoms with van der Waals surface area (Å²) in [6, 6.07) is 6.51. The number of rotatable bonds is 5. The normalized spacial score (nSPS) is 17.6. The molecule has 0 spiro atoms. The molecule has 2 rings (SSSR count). The Labute approximate surface area is 144 Å². The van der Waals surface area contributed by atoms with Crippen molar-refractivity contribution in [2.75, 3.05) is 19.6 Å². The van der Waals surface area contributed by atoms with Crippen LogP contribution in [0.2, 0.25) is 0 Å². The molecule has 1 fully saturated rings. The number of halogens is 2. The van der Waals surface area contributed by atoms with Crippen molar-refractivity contribution in [1.82, 2.24) is 10.2 Å². The maximum atomic E-state index is 13.1. The molecule has 0 bridgehead atoms. The fourth-order valence-electron chi connectivity index (χ4n) is 2.84. The van der Waals surface area contributed by atoms with E-state index in [0.29, 0.717) is 6.54 Å². The average molecular weight is 344 g/mol. The molecule has 1 saturated heterocycles. The molecule has 3 N–H and O–H groups in total. The summed E-state index contributed by atoms with van der Waals surface area (Å²) in [5, 5.41) is 3.08. The minimum Gasteiger partial charge on any atom is -0.348 e. The molecule has 1 aromatic carbocycles. The zero-order chi connectivity index (χ0) is 16.1. The highest BCUT2D eigenvalue weighted by atomic mass is 35.5. The number of amides is 1. The number of nitrogens with one attached hydrogen (secondary N) is 1. The zero-order valence-electron chi connectivity index (χ0n) is 13.8. The van der Waals surface area contributed by atoms with Crippen molar-refractivity contribution in [3.63, 3.8) is 0 Å². The maximum Gasteiger partial charge on any atom is 0.234 e. The van der Waals surface area contributed by atoms with Gasteiger partial charge in [0.05, 0.1) is 12.6 Å². The third kappa shape index (κ3) is 6.09. The molecule has 6 heteroatoms. The van der Waals surface area contributed by atoms with Crippen LogP contribution in [0.1, 0.15) is 38.3 Å². The van der Waals surface area contributed by atoms with E-state index in [4.69, 9.17) is 5.73 Å². The Morgan fingerprint density at radius 2 is 1.87 bits per heavy atom. The van der Waals surface area contributed by atoms with Gasteiger partial charge in [-0.1, -0.05) is 26.0 Å². The number of likely N-dealkylation sites (tertiary alicyclic amines) is 1. The van der Waals surface area contributed by atoms with E-state index in [2.05, 4.69) is 10.2 Å². The highest BCUT2D eigenvalue weighted by Crippen LogP contribution is 2.22. The van der Waals surface area contributed by atoms with E-state index >= 15 is 0 Å². The van der Waals surface area contributed by atoms with Crippen LogP contribution in [-0.4, -0.2) is 36.5 Å². The van der Waals surface area contributed by atoms with Gasteiger partial charge in [-0.25, -0.2) is 4.39 Å². The second-order valence-electron chi connectivity index (χ2n) is 6.45. The first kappa shape index (κ1) is 19.9. The van der Waals surface area contributed by atoms with Gasteiger partial charge in [0.2, 0.25) is 5.91 Å². The van der Waals surface area contributed by atoms with E-state index in [9.17, 15) is 9.18 Å². The number of piperidine rings is 1. The van der Waals surface area contributed by atoms with E-state index in [1.165, 1.54) is 12.1 Å². The van der Waals surface area contributed by atoms with Crippen molar-refractivity contribution in [3.05, 3.63) is 35.6 Å².